The molecule has 0 bridgehead atoms. The summed E-state index contributed by atoms with van der Waals surface area (Å²) in [5.74, 6) is 0.365. The molecule has 0 aromatic heterocycles. The van der Waals surface area contributed by atoms with Gasteiger partial charge in [0.05, 0.1) is 0 Å². The topological polar surface area (TPSA) is 35.5 Å². The van der Waals surface area contributed by atoms with E-state index in [4.69, 9.17) is 0 Å². The van der Waals surface area contributed by atoms with Crippen LogP contribution in [0.3, 0.4) is 0 Å². The van der Waals surface area contributed by atoms with E-state index in [0.29, 0.717) is 11.5 Å². The molecule has 3 rings (SSSR count). The van der Waals surface area contributed by atoms with Crippen LogP contribution in [0.25, 0.3) is 0 Å². The standard InChI is InChI=1S/C17H25FN2O.2ClH/c1-12-6-7-14(18)15(17(12)21)16(13-4-2-3-5-13)20-10-8-19-9-11-20;;/h6-7,13,16,19,21H,2-5,8-11H2,1H3;2*1H/t16-;;/m0../s1. The van der Waals surface area contributed by atoms with E-state index in [1.165, 1.54) is 18.9 Å². The first-order valence-corrected chi connectivity index (χ1v) is 8.11. The van der Waals surface area contributed by atoms with Crippen molar-refractivity contribution in [2.45, 2.75) is 38.6 Å². The highest BCUT2D eigenvalue weighted by molar-refractivity contribution is 5.85. The van der Waals surface area contributed by atoms with Crippen LogP contribution >= 0.6 is 24.8 Å². The summed E-state index contributed by atoms with van der Waals surface area (Å²) in [6.45, 7) is 5.58. The van der Waals surface area contributed by atoms with Crippen molar-refractivity contribution in [1.29, 1.82) is 0 Å². The quantitative estimate of drug-likeness (QED) is 0.855. The van der Waals surface area contributed by atoms with Crippen molar-refractivity contribution >= 4 is 24.8 Å². The van der Waals surface area contributed by atoms with Crippen LogP contribution in [0.4, 0.5) is 4.39 Å². The lowest BCUT2D eigenvalue weighted by atomic mass is 9.88. The Balaban J connectivity index is 0.00000132. The molecule has 1 aromatic rings. The van der Waals surface area contributed by atoms with Crippen molar-refractivity contribution in [3.05, 3.63) is 29.1 Å². The predicted molar refractivity (Wildman–Crippen MR) is 96.4 cm³/mol. The number of halogens is 3. The maximum Gasteiger partial charge on any atom is 0.131 e. The predicted octanol–water partition coefficient (Wildman–Crippen LogP) is 3.82. The summed E-state index contributed by atoms with van der Waals surface area (Å²) in [5.41, 5.74) is 1.30. The number of hydrogen-bond acceptors (Lipinski definition) is 3. The van der Waals surface area contributed by atoms with Gasteiger partial charge in [-0.05, 0) is 37.3 Å². The Labute approximate surface area is 150 Å². The Morgan fingerprint density at radius 3 is 2.39 bits per heavy atom. The Morgan fingerprint density at radius 2 is 1.78 bits per heavy atom. The average Bonchev–Trinajstić information content (AvgIpc) is 3.02. The van der Waals surface area contributed by atoms with E-state index >= 15 is 0 Å². The molecule has 1 heterocycles. The van der Waals surface area contributed by atoms with Crippen LogP contribution in [-0.4, -0.2) is 36.2 Å². The van der Waals surface area contributed by atoms with Crippen molar-refractivity contribution < 1.29 is 9.50 Å². The normalized spacial score (nSPS) is 20.6. The monoisotopic (exact) mass is 364 g/mol. The number of rotatable bonds is 3. The summed E-state index contributed by atoms with van der Waals surface area (Å²) >= 11 is 0. The van der Waals surface area contributed by atoms with Crippen LogP contribution in [0.2, 0.25) is 0 Å². The number of piperazine rings is 1. The fourth-order valence-electron chi connectivity index (χ4n) is 3.92. The second-order valence-corrected chi connectivity index (χ2v) is 6.40. The van der Waals surface area contributed by atoms with E-state index < -0.39 is 0 Å². The third-order valence-electron chi connectivity index (χ3n) is 5.05. The van der Waals surface area contributed by atoms with Crippen molar-refractivity contribution in [3.63, 3.8) is 0 Å². The van der Waals surface area contributed by atoms with Crippen LogP contribution < -0.4 is 5.32 Å². The molecule has 0 amide bonds. The summed E-state index contributed by atoms with van der Waals surface area (Å²) in [7, 11) is 0. The van der Waals surface area contributed by atoms with Gasteiger partial charge in [0.25, 0.3) is 0 Å². The zero-order valence-corrected chi connectivity index (χ0v) is 15.2. The third kappa shape index (κ3) is 4.30. The molecule has 23 heavy (non-hydrogen) atoms. The molecule has 0 unspecified atom stereocenters. The molecule has 132 valence electrons. The summed E-state index contributed by atoms with van der Waals surface area (Å²) in [6, 6.07) is 3.20. The molecule has 1 saturated carbocycles. The number of phenolic OH excluding ortho intramolecular Hbond substituents is 1. The largest absolute Gasteiger partial charge is 0.507 e. The first kappa shape index (κ1) is 20.5. The molecule has 2 aliphatic rings. The number of hydrogen-bond donors (Lipinski definition) is 2. The fraction of sp³-hybridized carbons (Fsp3) is 0.647. The van der Waals surface area contributed by atoms with Gasteiger partial charge >= 0.3 is 0 Å². The number of aryl methyl sites for hydroxylation is 1. The first-order chi connectivity index (χ1) is 10.2. The molecule has 2 fully saturated rings. The molecule has 1 saturated heterocycles. The third-order valence-corrected chi connectivity index (χ3v) is 5.05. The van der Waals surface area contributed by atoms with Gasteiger partial charge in [0.1, 0.15) is 11.6 Å². The SMILES string of the molecule is Cc1ccc(F)c([C@H](C2CCCC2)N2CCNCC2)c1O.Cl.Cl. The molecule has 0 radical (unpaired) electrons. The van der Waals surface area contributed by atoms with Gasteiger partial charge in [-0.2, -0.15) is 0 Å². The molecule has 6 heteroatoms. The molecule has 1 aliphatic carbocycles. The first-order valence-electron chi connectivity index (χ1n) is 8.11. The Kier molecular flexibility index (Phi) is 8.08. The van der Waals surface area contributed by atoms with E-state index in [2.05, 4.69) is 10.2 Å². The van der Waals surface area contributed by atoms with Gasteiger partial charge < -0.3 is 10.4 Å². The maximum atomic E-state index is 14.5. The van der Waals surface area contributed by atoms with Gasteiger partial charge in [0.15, 0.2) is 0 Å². The molecular weight excluding hydrogens is 338 g/mol. The zero-order valence-electron chi connectivity index (χ0n) is 13.6. The lowest BCUT2D eigenvalue weighted by Crippen LogP contribution is -2.47. The molecule has 2 N–H and O–H groups in total. The van der Waals surface area contributed by atoms with E-state index in [1.54, 1.807) is 6.07 Å². The van der Waals surface area contributed by atoms with Gasteiger partial charge in [0.2, 0.25) is 0 Å². The van der Waals surface area contributed by atoms with Gasteiger partial charge in [-0.3, -0.25) is 4.90 Å². The molecule has 3 nitrogen and oxygen atoms in total. The van der Waals surface area contributed by atoms with Crippen molar-refractivity contribution in [3.8, 4) is 5.75 Å². The number of aromatic hydroxyl groups is 1. The Morgan fingerprint density at radius 1 is 1.17 bits per heavy atom. The highest BCUT2D eigenvalue weighted by Gasteiger charge is 2.35. The Bertz CT molecular complexity index is 504. The minimum Gasteiger partial charge on any atom is -0.507 e. The van der Waals surface area contributed by atoms with Crippen molar-refractivity contribution in [2.75, 3.05) is 26.2 Å². The molecule has 0 spiro atoms. The van der Waals surface area contributed by atoms with Crippen LogP contribution in [0.1, 0.15) is 42.9 Å². The molecule has 1 aromatic carbocycles. The highest BCUT2D eigenvalue weighted by Crippen LogP contribution is 2.44. The minimum absolute atomic E-state index is 0. The van der Waals surface area contributed by atoms with Gasteiger partial charge in [0, 0.05) is 37.8 Å². The number of phenols is 1. The van der Waals surface area contributed by atoms with Crippen LogP contribution in [-0.2, 0) is 0 Å². The van der Waals surface area contributed by atoms with E-state index in [-0.39, 0.29) is 42.4 Å². The van der Waals surface area contributed by atoms with E-state index in [0.717, 1.165) is 44.6 Å². The zero-order chi connectivity index (χ0) is 14.8. The lowest BCUT2D eigenvalue weighted by Gasteiger charge is -2.39. The summed E-state index contributed by atoms with van der Waals surface area (Å²) in [6.07, 6.45) is 4.73. The molecule has 1 atom stereocenters. The van der Waals surface area contributed by atoms with Gasteiger partial charge in [-0.15, -0.1) is 24.8 Å². The second-order valence-electron chi connectivity index (χ2n) is 6.40. The maximum absolute atomic E-state index is 14.5. The van der Waals surface area contributed by atoms with Crippen molar-refractivity contribution in [1.82, 2.24) is 10.2 Å². The van der Waals surface area contributed by atoms with Crippen LogP contribution in [0.5, 0.6) is 5.75 Å². The number of nitrogens with one attached hydrogen (secondary N) is 1. The highest BCUT2D eigenvalue weighted by atomic mass is 35.5. The Hall–Kier alpha value is -0.550. The summed E-state index contributed by atoms with van der Waals surface area (Å²) in [5, 5.41) is 13.8. The number of benzene rings is 1. The smallest absolute Gasteiger partial charge is 0.131 e. The summed E-state index contributed by atoms with van der Waals surface area (Å²) in [4.78, 5) is 2.37. The van der Waals surface area contributed by atoms with Gasteiger partial charge in [-0.1, -0.05) is 18.9 Å². The molecular formula is C17H27Cl2FN2O. The van der Waals surface area contributed by atoms with Crippen molar-refractivity contribution in [2.24, 2.45) is 5.92 Å². The van der Waals surface area contributed by atoms with Crippen LogP contribution in [0, 0.1) is 18.7 Å². The molecule has 1 aliphatic heterocycles. The van der Waals surface area contributed by atoms with Gasteiger partial charge in [-0.25, -0.2) is 4.39 Å². The van der Waals surface area contributed by atoms with E-state index in [1.807, 2.05) is 6.92 Å². The van der Waals surface area contributed by atoms with E-state index in [9.17, 15) is 9.50 Å². The number of nitrogens with zero attached hydrogens (tertiary/aromatic N) is 1. The van der Waals surface area contributed by atoms with Crippen LogP contribution in [0.15, 0.2) is 12.1 Å². The summed E-state index contributed by atoms with van der Waals surface area (Å²) < 4.78 is 14.5. The second kappa shape index (κ2) is 9.07. The lowest BCUT2D eigenvalue weighted by molar-refractivity contribution is 0.120. The minimum atomic E-state index is -0.256. The average molecular weight is 365 g/mol. The fourth-order valence-corrected chi connectivity index (χ4v) is 3.92.